The Labute approximate surface area is 99.3 Å². The number of hydrogen-bond donors (Lipinski definition) is 1. The number of nitrogens with one attached hydrogen (secondary N) is 1. The van der Waals surface area contributed by atoms with Gasteiger partial charge in [-0.3, -0.25) is 0 Å². The van der Waals surface area contributed by atoms with E-state index < -0.39 is 0 Å². The average molecular weight is 217 g/mol. The third-order valence-electron chi connectivity index (χ3n) is 3.87. The van der Waals surface area contributed by atoms with Crippen LogP contribution in [0.3, 0.4) is 0 Å². The molecule has 1 saturated heterocycles. The van der Waals surface area contributed by atoms with Crippen molar-refractivity contribution < 1.29 is 0 Å². The zero-order valence-electron chi connectivity index (χ0n) is 10.7. The van der Waals surface area contributed by atoms with Gasteiger partial charge in [0.1, 0.15) is 0 Å². The molecule has 0 bridgehead atoms. The molecule has 0 aromatic heterocycles. The molecule has 1 N–H and O–H groups in total. The molecule has 88 valence electrons. The number of piperidine rings is 1. The van der Waals surface area contributed by atoms with Crippen molar-refractivity contribution in [2.45, 2.75) is 46.1 Å². The van der Waals surface area contributed by atoms with E-state index in [1.165, 1.54) is 42.5 Å². The van der Waals surface area contributed by atoms with Gasteiger partial charge in [-0.1, -0.05) is 30.7 Å². The van der Waals surface area contributed by atoms with Crippen LogP contribution in [0, 0.1) is 19.8 Å². The van der Waals surface area contributed by atoms with Gasteiger partial charge in [-0.05, 0) is 56.7 Å². The van der Waals surface area contributed by atoms with Crippen LogP contribution in [0.5, 0.6) is 0 Å². The lowest BCUT2D eigenvalue weighted by molar-refractivity contribution is 0.298. The van der Waals surface area contributed by atoms with Crippen LogP contribution < -0.4 is 5.32 Å². The third kappa shape index (κ3) is 2.65. The molecule has 2 rings (SSSR count). The van der Waals surface area contributed by atoms with Crippen molar-refractivity contribution in [2.24, 2.45) is 5.92 Å². The highest BCUT2D eigenvalue weighted by Crippen LogP contribution is 2.21. The maximum Gasteiger partial charge on any atom is 0.0133 e. The second-order valence-electron chi connectivity index (χ2n) is 5.31. The second-order valence-corrected chi connectivity index (χ2v) is 5.31. The summed E-state index contributed by atoms with van der Waals surface area (Å²) in [5.41, 5.74) is 4.33. The van der Waals surface area contributed by atoms with Crippen molar-refractivity contribution in [3.63, 3.8) is 0 Å². The summed E-state index contributed by atoms with van der Waals surface area (Å²) in [6.45, 7) is 7.98. The van der Waals surface area contributed by atoms with Crippen molar-refractivity contribution in [3.8, 4) is 0 Å². The molecule has 1 aromatic carbocycles. The first-order valence-electron chi connectivity index (χ1n) is 6.46. The van der Waals surface area contributed by atoms with Gasteiger partial charge in [-0.25, -0.2) is 0 Å². The predicted octanol–water partition coefficient (Wildman–Crippen LogP) is 3.23. The van der Waals surface area contributed by atoms with E-state index in [-0.39, 0.29) is 0 Å². The molecule has 1 heterocycles. The molecule has 1 aromatic rings. The molecule has 1 nitrogen and oxygen atoms in total. The Morgan fingerprint density at radius 2 is 2.12 bits per heavy atom. The lowest BCUT2D eigenvalue weighted by atomic mass is 9.87. The average Bonchev–Trinajstić information content (AvgIpc) is 2.27. The molecular formula is C15H23N. The van der Waals surface area contributed by atoms with E-state index in [1.807, 2.05) is 0 Å². The number of hydrogen-bond acceptors (Lipinski definition) is 1. The summed E-state index contributed by atoms with van der Waals surface area (Å²) in [4.78, 5) is 0. The van der Waals surface area contributed by atoms with E-state index in [4.69, 9.17) is 0 Å². The fourth-order valence-corrected chi connectivity index (χ4v) is 2.64. The molecule has 1 aliphatic heterocycles. The second kappa shape index (κ2) is 5.01. The highest BCUT2D eigenvalue weighted by Gasteiger charge is 2.21. The highest BCUT2D eigenvalue weighted by molar-refractivity contribution is 5.31. The van der Waals surface area contributed by atoms with Gasteiger partial charge in [0.2, 0.25) is 0 Å². The van der Waals surface area contributed by atoms with Gasteiger partial charge >= 0.3 is 0 Å². The Hall–Kier alpha value is -0.820. The standard InChI is InChI=1S/C15H23N/c1-11-6-7-12(2)14(9-11)10-15-13(3)5-4-8-16-15/h6-7,9,13,15-16H,4-5,8,10H2,1-3H3. The van der Waals surface area contributed by atoms with Crippen LogP contribution >= 0.6 is 0 Å². The highest BCUT2D eigenvalue weighted by atomic mass is 14.9. The molecular weight excluding hydrogens is 194 g/mol. The van der Waals surface area contributed by atoms with E-state index >= 15 is 0 Å². The quantitative estimate of drug-likeness (QED) is 0.802. The zero-order chi connectivity index (χ0) is 11.5. The molecule has 0 amide bonds. The van der Waals surface area contributed by atoms with Crippen molar-refractivity contribution in [3.05, 3.63) is 34.9 Å². The fraction of sp³-hybridized carbons (Fsp3) is 0.600. The Morgan fingerprint density at radius 1 is 1.31 bits per heavy atom. The van der Waals surface area contributed by atoms with Crippen LogP contribution in [0.4, 0.5) is 0 Å². The van der Waals surface area contributed by atoms with E-state index in [2.05, 4.69) is 44.3 Å². The van der Waals surface area contributed by atoms with Gasteiger partial charge < -0.3 is 5.32 Å². The molecule has 0 radical (unpaired) electrons. The van der Waals surface area contributed by atoms with Gasteiger partial charge in [0, 0.05) is 6.04 Å². The Kier molecular flexibility index (Phi) is 3.65. The molecule has 2 unspecified atom stereocenters. The van der Waals surface area contributed by atoms with E-state index in [1.54, 1.807) is 0 Å². The van der Waals surface area contributed by atoms with Crippen molar-refractivity contribution in [1.29, 1.82) is 0 Å². The predicted molar refractivity (Wildman–Crippen MR) is 69.8 cm³/mol. The molecule has 16 heavy (non-hydrogen) atoms. The molecule has 1 heteroatoms. The van der Waals surface area contributed by atoms with Gasteiger partial charge in [0.25, 0.3) is 0 Å². The van der Waals surface area contributed by atoms with Crippen molar-refractivity contribution >= 4 is 0 Å². The molecule has 0 aliphatic carbocycles. The van der Waals surface area contributed by atoms with Crippen LogP contribution in [0.15, 0.2) is 18.2 Å². The maximum atomic E-state index is 3.66. The summed E-state index contributed by atoms with van der Waals surface area (Å²) < 4.78 is 0. The third-order valence-corrected chi connectivity index (χ3v) is 3.87. The minimum absolute atomic E-state index is 0.675. The van der Waals surface area contributed by atoms with E-state index in [9.17, 15) is 0 Å². The van der Waals surface area contributed by atoms with Crippen LogP contribution in [-0.4, -0.2) is 12.6 Å². The van der Waals surface area contributed by atoms with E-state index in [0.717, 1.165) is 5.92 Å². The summed E-state index contributed by atoms with van der Waals surface area (Å²) in [5, 5.41) is 3.66. The Balaban J connectivity index is 2.10. The first-order valence-corrected chi connectivity index (χ1v) is 6.46. The number of rotatable bonds is 2. The van der Waals surface area contributed by atoms with Crippen LogP contribution in [0.1, 0.15) is 36.5 Å². The van der Waals surface area contributed by atoms with Crippen LogP contribution in [-0.2, 0) is 6.42 Å². The van der Waals surface area contributed by atoms with Crippen molar-refractivity contribution in [2.75, 3.05) is 6.54 Å². The summed E-state index contributed by atoms with van der Waals surface area (Å²) in [6.07, 6.45) is 3.90. The smallest absolute Gasteiger partial charge is 0.0133 e. The molecule has 0 spiro atoms. The zero-order valence-corrected chi connectivity index (χ0v) is 10.7. The molecule has 0 saturated carbocycles. The molecule has 1 fully saturated rings. The summed E-state index contributed by atoms with van der Waals surface area (Å²) in [5.74, 6) is 0.814. The monoisotopic (exact) mass is 217 g/mol. The van der Waals surface area contributed by atoms with Gasteiger partial charge in [0.15, 0.2) is 0 Å². The minimum atomic E-state index is 0.675. The number of aryl methyl sites for hydroxylation is 2. The lowest BCUT2D eigenvalue weighted by Crippen LogP contribution is -2.41. The first kappa shape index (κ1) is 11.7. The SMILES string of the molecule is Cc1ccc(C)c(CC2NCCCC2C)c1. The Bertz CT molecular complexity index is 356. The summed E-state index contributed by atoms with van der Waals surface area (Å²) in [6, 6.07) is 7.47. The maximum absolute atomic E-state index is 3.66. The Morgan fingerprint density at radius 3 is 2.88 bits per heavy atom. The minimum Gasteiger partial charge on any atom is -0.313 e. The molecule has 1 aliphatic rings. The lowest BCUT2D eigenvalue weighted by Gasteiger charge is -2.30. The van der Waals surface area contributed by atoms with Crippen LogP contribution in [0.2, 0.25) is 0 Å². The first-order chi connectivity index (χ1) is 7.66. The van der Waals surface area contributed by atoms with E-state index in [0.29, 0.717) is 6.04 Å². The summed E-state index contributed by atoms with van der Waals surface area (Å²) >= 11 is 0. The normalized spacial score (nSPS) is 25.7. The van der Waals surface area contributed by atoms with Gasteiger partial charge in [0.05, 0.1) is 0 Å². The number of benzene rings is 1. The fourth-order valence-electron chi connectivity index (χ4n) is 2.64. The largest absolute Gasteiger partial charge is 0.313 e. The molecule has 2 atom stereocenters. The van der Waals surface area contributed by atoms with Gasteiger partial charge in [-0.2, -0.15) is 0 Å². The van der Waals surface area contributed by atoms with Crippen LogP contribution in [0.25, 0.3) is 0 Å². The van der Waals surface area contributed by atoms with Crippen molar-refractivity contribution in [1.82, 2.24) is 5.32 Å². The summed E-state index contributed by atoms with van der Waals surface area (Å²) in [7, 11) is 0. The topological polar surface area (TPSA) is 12.0 Å². The van der Waals surface area contributed by atoms with Gasteiger partial charge in [-0.15, -0.1) is 0 Å².